The van der Waals surface area contributed by atoms with Gasteiger partial charge in [0.1, 0.15) is 5.75 Å². The minimum atomic E-state index is 0. The third kappa shape index (κ3) is 8.14. The topological polar surface area (TPSA) is 69.2 Å². The van der Waals surface area contributed by atoms with Gasteiger partial charge in [0.05, 0.1) is 20.2 Å². The molecule has 2 fully saturated rings. The fourth-order valence-corrected chi connectivity index (χ4v) is 4.24. The smallest absolute Gasteiger partial charge is 0.241 e. The molecule has 1 aliphatic heterocycles. The summed E-state index contributed by atoms with van der Waals surface area (Å²) in [6, 6.07) is 9.11. The van der Waals surface area contributed by atoms with Crippen LogP contribution in [-0.2, 0) is 11.3 Å². The second kappa shape index (κ2) is 13.1. The van der Waals surface area contributed by atoms with E-state index in [-0.39, 0.29) is 36.4 Å². The number of rotatable bonds is 7. The van der Waals surface area contributed by atoms with E-state index >= 15 is 0 Å². The lowest BCUT2D eigenvalue weighted by Gasteiger charge is -2.36. The number of amides is 1. The molecule has 1 aromatic rings. The van der Waals surface area contributed by atoms with Crippen LogP contribution in [0.5, 0.6) is 5.75 Å². The van der Waals surface area contributed by atoms with Crippen LogP contribution in [-0.4, -0.2) is 74.6 Å². The molecule has 0 spiro atoms. The SMILES string of the molecule is COc1ccc(CN=C(NCC(=O)N(C)C)NC2CCN(C3CCCC3)CC2)cc1.I. The molecule has 3 rings (SSSR count). The van der Waals surface area contributed by atoms with E-state index in [1.165, 1.54) is 25.7 Å². The first-order valence-electron chi connectivity index (χ1n) is 11.2. The van der Waals surface area contributed by atoms with Crippen molar-refractivity contribution in [3.8, 4) is 5.75 Å². The molecule has 0 radical (unpaired) electrons. The maximum atomic E-state index is 12.0. The zero-order chi connectivity index (χ0) is 21.3. The quantitative estimate of drug-likeness (QED) is 0.315. The molecule has 0 unspecified atom stereocenters. The van der Waals surface area contributed by atoms with Gasteiger partial charge in [0, 0.05) is 39.3 Å². The lowest BCUT2D eigenvalue weighted by molar-refractivity contribution is -0.127. The third-order valence-electron chi connectivity index (χ3n) is 6.20. The number of likely N-dealkylation sites (N-methyl/N-ethyl adjacent to an activating group) is 1. The Bertz CT molecular complexity index is 696. The number of carbonyl (C=O) groups is 1. The van der Waals surface area contributed by atoms with E-state index in [0.29, 0.717) is 18.5 Å². The van der Waals surface area contributed by atoms with Gasteiger partial charge in [0.2, 0.25) is 5.91 Å². The molecule has 31 heavy (non-hydrogen) atoms. The Labute approximate surface area is 204 Å². The number of likely N-dealkylation sites (tertiary alicyclic amines) is 1. The van der Waals surface area contributed by atoms with Gasteiger partial charge in [-0.3, -0.25) is 4.79 Å². The van der Waals surface area contributed by atoms with Crippen molar-refractivity contribution in [2.45, 2.75) is 57.2 Å². The highest BCUT2D eigenvalue weighted by Gasteiger charge is 2.27. The Hall–Kier alpha value is -1.55. The maximum Gasteiger partial charge on any atom is 0.241 e. The van der Waals surface area contributed by atoms with Crippen molar-refractivity contribution in [2.24, 2.45) is 4.99 Å². The first kappa shape index (κ1) is 25.7. The van der Waals surface area contributed by atoms with E-state index in [2.05, 4.69) is 15.5 Å². The lowest BCUT2D eigenvalue weighted by atomic mass is 10.0. The van der Waals surface area contributed by atoms with E-state index < -0.39 is 0 Å². The molecule has 2 N–H and O–H groups in total. The van der Waals surface area contributed by atoms with Gasteiger partial charge >= 0.3 is 0 Å². The summed E-state index contributed by atoms with van der Waals surface area (Å²) in [5.41, 5.74) is 1.10. The average molecular weight is 543 g/mol. The van der Waals surface area contributed by atoms with Crippen LogP contribution >= 0.6 is 24.0 Å². The number of ether oxygens (including phenoxy) is 1. The number of hydrogen-bond acceptors (Lipinski definition) is 4. The Kier molecular flexibility index (Phi) is 10.9. The molecule has 1 saturated carbocycles. The van der Waals surface area contributed by atoms with E-state index in [9.17, 15) is 4.79 Å². The third-order valence-corrected chi connectivity index (χ3v) is 6.20. The second-order valence-electron chi connectivity index (χ2n) is 8.55. The van der Waals surface area contributed by atoms with Crippen molar-refractivity contribution >= 4 is 35.8 Å². The molecule has 2 aliphatic rings. The summed E-state index contributed by atoms with van der Waals surface area (Å²) in [5, 5.41) is 6.79. The highest BCUT2D eigenvalue weighted by atomic mass is 127. The van der Waals surface area contributed by atoms with Gasteiger partial charge in [-0.15, -0.1) is 24.0 Å². The highest BCUT2D eigenvalue weighted by Crippen LogP contribution is 2.26. The molecule has 1 heterocycles. The summed E-state index contributed by atoms with van der Waals surface area (Å²) in [5.74, 6) is 1.58. The van der Waals surface area contributed by atoms with Gasteiger partial charge in [-0.2, -0.15) is 0 Å². The van der Waals surface area contributed by atoms with Crippen LogP contribution in [0.15, 0.2) is 29.3 Å². The number of halogens is 1. The predicted octanol–water partition coefficient (Wildman–Crippen LogP) is 2.84. The van der Waals surface area contributed by atoms with Gasteiger partial charge < -0.3 is 25.2 Å². The van der Waals surface area contributed by atoms with Crippen molar-refractivity contribution < 1.29 is 9.53 Å². The zero-order valence-corrected chi connectivity index (χ0v) is 21.4. The van der Waals surface area contributed by atoms with Crippen LogP contribution in [0, 0.1) is 0 Å². The number of guanidine groups is 1. The fourth-order valence-electron chi connectivity index (χ4n) is 4.24. The lowest BCUT2D eigenvalue weighted by Crippen LogP contribution is -2.51. The first-order chi connectivity index (χ1) is 14.5. The largest absolute Gasteiger partial charge is 0.497 e. The fraction of sp³-hybridized carbons (Fsp3) is 0.652. The number of nitrogens with one attached hydrogen (secondary N) is 2. The standard InChI is InChI=1S/C23H37N5O2.HI/c1-27(2)22(29)17-25-23(24-16-18-8-10-21(30-3)11-9-18)26-19-12-14-28(15-13-19)20-6-4-5-7-20;/h8-11,19-20H,4-7,12-17H2,1-3H3,(H2,24,25,26);1H. The highest BCUT2D eigenvalue weighted by molar-refractivity contribution is 14.0. The number of carbonyl (C=O) groups excluding carboxylic acids is 1. The van der Waals surface area contributed by atoms with Crippen molar-refractivity contribution in [1.82, 2.24) is 20.4 Å². The number of benzene rings is 1. The molecular weight excluding hydrogens is 505 g/mol. The minimum Gasteiger partial charge on any atom is -0.497 e. The molecule has 7 nitrogen and oxygen atoms in total. The molecule has 1 amide bonds. The monoisotopic (exact) mass is 543 g/mol. The van der Waals surface area contributed by atoms with Crippen LogP contribution in [0.2, 0.25) is 0 Å². The number of methoxy groups -OCH3 is 1. The van der Waals surface area contributed by atoms with Gasteiger partial charge in [0.15, 0.2) is 5.96 Å². The van der Waals surface area contributed by atoms with Crippen molar-refractivity contribution in [3.63, 3.8) is 0 Å². The predicted molar refractivity (Wildman–Crippen MR) is 136 cm³/mol. The minimum absolute atomic E-state index is 0. The van der Waals surface area contributed by atoms with Gasteiger partial charge in [-0.1, -0.05) is 25.0 Å². The summed E-state index contributed by atoms with van der Waals surface area (Å²) >= 11 is 0. The van der Waals surface area contributed by atoms with Crippen LogP contribution in [0.1, 0.15) is 44.1 Å². The number of hydrogen-bond donors (Lipinski definition) is 2. The number of piperidine rings is 1. The Morgan fingerprint density at radius 2 is 1.77 bits per heavy atom. The normalized spacial score (nSPS) is 18.4. The number of aliphatic imine (C=N–C) groups is 1. The molecule has 1 aliphatic carbocycles. The van der Waals surface area contributed by atoms with Crippen molar-refractivity contribution in [2.75, 3.05) is 40.8 Å². The van der Waals surface area contributed by atoms with Crippen LogP contribution < -0.4 is 15.4 Å². The Morgan fingerprint density at radius 1 is 1.13 bits per heavy atom. The molecule has 0 atom stereocenters. The second-order valence-corrected chi connectivity index (χ2v) is 8.55. The van der Waals surface area contributed by atoms with Gasteiger partial charge in [0.25, 0.3) is 0 Å². The molecule has 174 valence electrons. The molecule has 1 aromatic carbocycles. The van der Waals surface area contributed by atoms with E-state index in [1.54, 1.807) is 26.1 Å². The molecule has 0 aromatic heterocycles. The molecule has 1 saturated heterocycles. The zero-order valence-electron chi connectivity index (χ0n) is 19.1. The summed E-state index contributed by atoms with van der Waals surface area (Å²) < 4.78 is 5.22. The summed E-state index contributed by atoms with van der Waals surface area (Å²) in [7, 11) is 5.20. The number of nitrogens with zero attached hydrogens (tertiary/aromatic N) is 3. The van der Waals surface area contributed by atoms with Gasteiger partial charge in [-0.05, 0) is 43.4 Å². The van der Waals surface area contributed by atoms with Crippen molar-refractivity contribution in [3.05, 3.63) is 29.8 Å². The molecular formula is C23H38IN5O2. The average Bonchev–Trinajstić information content (AvgIpc) is 3.31. The Balaban J connectivity index is 0.00000341. The first-order valence-corrected chi connectivity index (χ1v) is 11.2. The summed E-state index contributed by atoms with van der Waals surface area (Å²) in [6.07, 6.45) is 7.72. The van der Waals surface area contributed by atoms with Gasteiger partial charge in [-0.25, -0.2) is 4.99 Å². The van der Waals surface area contributed by atoms with Crippen LogP contribution in [0.3, 0.4) is 0 Å². The summed E-state index contributed by atoms with van der Waals surface area (Å²) in [4.78, 5) is 21.0. The van der Waals surface area contributed by atoms with E-state index in [1.807, 2.05) is 24.3 Å². The van der Waals surface area contributed by atoms with Crippen LogP contribution in [0.4, 0.5) is 0 Å². The Morgan fingerprint density at radius 3 is 2.35 bits per heavy atom. The summed E-state index contributed by atoms with van der Waals surface area (Å²) in [6.45, 7) is 3.08. The maximum absolute atomic E-state index is 12.0. The van der Waals surface area contributed by atoms with Crippen LogP contribution in [0.25, 0.3) is 0 Å². The van der Waals surface area contributed by atoms with Crippen molar-refractivity contribution in [1.29, 1.82) is 0 Å². The molecule has 8 heteroatoms. The van der Waals surface area contributed by atoms with E-state index in [4.69, 9.17) is 9.73 Å². The molecule has 0 bridgehead atoms. The van der Waals surface area contributed by atoms with E-state index in [0.717, 1.165) is 43.3 Å².